The van der Waals surface area contributed by atoms with Crippen LogP contribution in [0.5, 0.6) is 0 Å². The molecule has 0 bridgehead atoms. The van der Waals surface area contributed by atoms with Gasteiger partial charge in [0.05, 0.1) is 12.7 Å². The summed E-state index contributed by atoms with van der Waals surface area (Å²) < 4.78 is 11.5. The van der Waals surface area contributed by atoms with Gasteiger partial charge in [-0.25, -0.2) is 9.59 Å². The monoisotopic (exact) mass is 530 g/mol. The first-order chi connectivity index (χ1) is 18.8. The minimum absolute atomic E-state index is 0.0806. The van der Waals surface area contributed by atoms with Gasteiger partial charge in [0.15, 0.2) is 0 Å². The number of ether oxygens (including phenoxy) is 2. The second-order valence-corrected chi connectivity index (χ2v) is 10.0. The minimum atomic E-state index is -1.18. The SMILES string of the molecule is CC(OCc1ccccc1)C(NC(=O)OCC1c2ccccc2-c2ccccc21)C(=O)N[C@@H](C(=O)O)C(C)C. The number of hydrogen-bond donors (Lipinski definition) is 3. The van der Waals surface area contributed by atoms with Crippen molar-refractivity contribution in [1.29, 1.82) is 0 Å². The van der Waals surface area contributed by atoms with Gasteiger partial charge in [0.2, 0.25) is 5.91 Å². The van der Waals surface area contributed by atoms with E-state index in [-0.39, 0.29) is 25.0 Å². The van der Waals surface area contributed by atoms with Crippen molar-refractivity contribution < 1.29 is 29.0 Å². The lowest BCUT2D eigenvalue weighted by atomic mass is 9.98. The van der Waals surface area contributed by atoms with Crippen LogP contribution in [-0.2, 0) is 25.7 Å². The number of amides is 2. The third-order valence-electron chi connectivity index (χ3n) is 6.96. The lowest BCUT2D eigenvalue weighted by Crippen LogP contribution is -2.57. The van der Waals surface area contributed by atoms with E-state index in [0.29, 0.717) is 0 Å². The second-order valence-electron chi connectivity index (χ2n) is 10.0. The summed E-state index contributed by atoms with van der Waals surface area (Å²) in [6, 6.07) is 23.1. The first-order valence-electron chi connectivity index (χ1n) is 13.1. The Morgan fingerprint density at radius 1 is 0.795 bits per heavy atom. The van der Waals surface area contributed by atoms with Crippen molar-refractivity contribution in [1.82, 2.24) is 10.6 Å². The molecule has 0 aliphatic heterocycles. The van der Waals surface area contributed by atoms with Crippen molar-refractivity contribution in [2.24, 2.45) is 5.92 Å². The van der Waals surface area contributed by atoms with E-state index in [1.54, 1.807) is 20.8 Å². The van der Waals surface area contributed by atoms with Gasteiger partial charge < -0.3 is 25.2 Å². The summed E-state index contributed by atoms with van der Waals surface area (Å²) in [5.41, 5.74) is 5.25. The molecule has 1 aliphatic carbocycles. The molecule has 3 aromatic carbocycles. The highest BCUT2D eigenvalue weighted by atomic mass is 16.5. The summed E-state index contributed by atoms with van der Waals surface area (Å²) in [7, 11) is 0. The van der Waals surface area contributed by atoms with Crippen LogP contribution in [0, 0.1) is 5.92 Å². The average molecular weight is 531 g/mol. The zero-order chi connectivity index (χ0) is 27.9. The first kappa shape index (κ1) is 27.9. The number of fused-ring (bicyclic) bond motifs is 3. The molecule has 8 nitrogen and oxygen atoms in total. The fourth-order valence-corrected chi connectivity index (χ4v) is 4.82. The smallest absolute Gasteiger partial charge is 0.407 e. The number of carboxylic acid groups (broad SMARTS) is 1. The summed E-state index contributed by atoms with van der Waals surface area (Å²) in [5, 5.41) is 14.7. The van der Waals surface area contributed by atoms with Gasteiger partial charge in [-0.2, -0.15) is 0 Å². The average Bonchev–Trinajstić information content (AvgIpc) is 3.26. The number of carbonyl (C=O) groups excluding carboxylic acids is 2. The molecule has 39 heavy (non-hydrogen) atoms. The fourth-order valence-electron chi connectivity index (χ4n) is 4.82. The van der Waals surface area contributed by atoms with Gasteiger partial charge in [0.1, 0.15) is 18.7 Å². The van der Waals surface area contributed by atoms with Gasteiger partial charge in [-0.05, 0) is 40.7 Å². The molecule has 0 fully saturated rings. The van der Waals surface area contributed by atoms with E-state index in [0.717, 1.165) is 27.8 Å². The van der Waals surface area contributed by atoms with Gasteiger partial charge in [0, 0.05) is 5.92 Å². The van der Waals surface area contributed by atoms with E-state index in [1.165, 1.54) is 0 Å². The molecule has 0 radical (unpaired) electrons. The van der Waals surface area contributed by atoms with Crippen LogP contribution in [0.1, 0.15) is 43.4 Å². The van der Waals surface area contributed by atoms with Crippen molar-refractivity contribution in [2.75, 3.05) is 6.61 Å². The molecule has 4 rings (SSSR count). The van der Waals surface area contributed by atoms with Gasteiger partial charge >= 0.3 is 12.1 Å². The highest BCUT2D eigenvalue weighted by Gasteiger charge is 2.34. The van der Waals surface area contributed by atoms with Crippen LogP contribution >= 0.6 is 0 Å². The Hall–Kier alpha value is -4.17. The predicted molar refractivity (Wildman–Crippen MR) is 147 cm³/mol. The van der Waals surface area contributed by atoms with Crippen molar-refractivity contribution in [3.63, 3.8) is 0 Å². The van der Waals surface area contributed by atoms with Crippen LogP contribution < -0.4 is 10.6 Å². The van der Waals surface area contributed by atoms with E-state index < -0.39 is 36.2 Å². The molecule has 3 atom stereocenters. The largest absolute Gasteiger partial charge is 0.480 e. The molecule has 2 unspecified atom stereocenters. The summed E-state index contributed by atoms with van der Waals surface area (Å²) in [5.74, 6) is -2.32. The van der Waals surface area contributed by atoms with E-state index in [4.69, 9.17) is 9.47 Å². The number of hydrogen-bond acceptors (Lipinski definition) is 5. The van der Waals surface area contributed by atoms with E-state index in [9.17, 15) is 19.5 Å². The van der Waals surface area contributed by atoms with Gasteiger partial charge in [-0.15, -0.1) is 0 Å². The lowest BCUT2D eigenvalue weighted by molar-refractivity contribution is -0.144. The third kappa shape index (κ3) is 6.64. The fraction of sp³-hybridized carbons (Fsp3) is 0.323. The number of alkyl carbamates (subject to hydrolysis) is 1. The second kappa shape index (κ2) is 12.6. The van der Waals surface area contributed by atoms with Crippen LogP contribution in [-0.4, -0.2) is 47.9 Å². The predicted octanol–water partition coefficient (Wildman–Crippen LogP) is 4.72. The Morgan fingerprint density at radius 3 is 1.92 bits per heavy atom. The number of nitrogens with one attached hydrogen (secondary N) is 2. The molecule has 0 saturated carbocycles. The zero-order valence-electron chi connectivity index (χ0n) is 22.3. The molecule has 0 aromatic heterocycles. The summed E-state index contributed by atoms with van der Waals surface area (Å²) in [4.78, 5) is 37.9. The molecule has 204 valence electrons. The van der Waals surface area contributed by atoms with Crippen LogP contribution in [0.25, 0.3) is 11.1 Å². The minimum Gasteiger partial charge on any atom is -0.480 e. The lowest BCUT2D eigenvalue weighted by Gasteiger charge is -2.27. The Balaban J connectivity index is 1.46. The van der Waals surface area contributed by atoms with Gasteiger partial charge in [-0.3, -0.25) is 4.79 Å². The molecule has 8 heteroatoms. The Bertz CT molecular complexity index is 1260. The van der Waals surface area contributed by atoms with E-state index in [2.05, 4.69) is 10.6 Å². The Kier molecular flexibility index (Phi) is 8.99. The standard InChI is InChI=1S/C31H34N2O6/c1-19(2)27(30(35)36)32-29(34)28(20(3)38-17-21-11-5-4-6-12-21)33-31(37)39-18-26-24-15-9-7-13-22(24)23-14-8-10-16-25(23)26/h4-16,19-20,26-28H,17-18H2,1-3H3,(H,32,34)(H,33,37)(H,35,36)/t20?,27-,28?/m1/s1. The van der Waals surface area contributed by atoms with Crippen LogP contribution in [0.2, 0.25) is 0 Å². The zero-order valence-corrected chi connectivity index (χ0v) is 22.3. The Morgan fingerprint density at radius 2 is 1.36 bits per heavy atom. The van der Waals surface area contributed by atoms with Crippen molar-refractivity contribution in [3.05, 3.63) is 95.6 Å². The molecule has 0 spiro atoms. The highest BCUT2D eigenvalue weighted by Crippen LogP contribution is 2.44. The number of carbonyl (C=O) groups is 3. The van der Waals surface area contributed by atoms with Crippen molar-refractivity contribution in [3.8, 4) is 11.1 Å². The molecule has 0 saturated heterocycles. The quantitative estimate of drug-likeness (QED) is 0.331. The molecule has 3 aromatic rings. The third-order valence-corrected chi connectivity index (χ3v) is 6.96. The summed E-state index contributed by atoms with van der Waals surface area (Å²) in [6.45, 7) is 5.34. The van der Waals surface area contributed by atoms with E-state index in [1.807, 2.05) is 78.9 Å². The van der Waals surface area contributed by atoms with Crippen LogP contribution in [0.15, 0.2) is 78.9 Å². The van der Waals surface area contributed by atoms with Crippen molar-refractivity contribution in [2.45, 2.75) is 51.5 Å². The van der Waals surface area contributed by atoms with Crippen molar-refractivity contribution >= 4 is 18.0 Å². The Labute approximate surface area is 228 Å². The van der Waals surface area contributed by atoms with Gasteiger partial charge in [-0.1, -0.05) is 92.7 Å². The molecule has 2 amide bonds. The number of benzene rings is 3. The van der Waals surface area contributed by atoms with E-state index >= 15 is 0 Å². The maximum Gasteiger partial charge on any atom is 0.407 e. The molecular weight excluding hydrogens is 496 g/mol. The molecule has 0 heterocycles. The highest BCUT2D eigenvalue weighted by molar-refractivity contribution is 5.90. The maximum absolute atomic E-state index is 13.2. The summed E-state index contributed by atoms with van der Waals surface area (Å²) >= 11 is 0. The van der Waals surface area contributed by atoms with Gasteiger partial charge in [0.25, 0.3) is 0 Å². The summed E-state index contributed by atoms with van der Waals surface area (Å²) in [6.07, 6.45) is -1.56. The molecular formula is C31H34N2O6. The van der Waals surface area contributed by atoms with Crippen LogP contribution in [0.3, 0.4) is 0 Å². The number of carboxylic acids is 1. The topological polar surface area (TPSA) is 114 Å². The number of rotatable bonds is 11. The first-order valence-corrected chi connectivity index (χ1v) is 13.1. The number of aliphatic carboxylic acids is 1. The molecule has 3 N–H and O–H groups in total. The normalized spacial score (nSPS) is 14.6. The molecule has 1 aliphatic rings. The van der Waals surface area contributed by atoms with Crippen LogP contribution in [0.4, 0.5) is 4.79 Å². The maximum atomic E-state index is 13.2.